The largest absolute Gasteiger partial charge is 0.376 e. The molecule has 19 heavy (non-hydrogen) atoms. The van der Waals surface area contributed by atoms with Crippen molar-refractivity contribution in [3.05, 3.63) is 28.5 Å². The third kappa shape index (κ3) is 5.55. The average molecular weight is 280 g/mol. The lowest BCUT2D eigenvalue weighted by Crippen LogP contribution is -2.34. The molecule has 5 heteroatoms. The van der Waals surface area contributed by atoms with Gasteiger partial charge in [-0.1, -0.05) is 6.07 Å². The molecule has 0 aliphatic carbocycles. The zero-order valence-corrected chi connectivity index (χ0v) is 11.7. The number of carbonyl (C=O) groups excluding carboxylic acids is 1. The summed E-state index contributed by atoms with van der Waals surface area (Å²) in [6.07, 6.45) is 5.86. The quantitative estimate of drug-likeness (QED) is 0.615. The van der Waals surface area contributed by atoms with Crippen LogP contribution < -0.4 is 10.6 Å². The van der Waals surface area contributed by atoms with Crippen molar-refractivity contribution < 1.29 is 9.53 Å². The van der Waals surface area contributed by atoms with Crippen LogP contribution in [0.4, 0.5) is 0 Å². The van der Waals surface area contributed by atoms with Crippen LogP contribution in [-0.2, 0) is 9.53 Å². The fourth-order valence-corrected chi connectivity index (χ4v) is 2.58. The van der Waals surface area contributed by atoms with Crippen molar-refractivity contribution in [3.8, 4) is 0 Å². The molecule has 0 saturated carbocycles. The number of carbonyl (C=O) groups is 1. The second kappa shape index (κ2) is 8.09. The lowest BCUT2D eigenvalue weighted by atomic mass is 10.1. The number of thiophene rings is 1. The third-order valence-corrected chi connectivity index (χ3v) is 3.82. The van der Waals surface area contributed by atoms with Gasteiger partial charge in [-0.2, -0.15) is 0 Å². The molecule has 1 aliphatic rings. The standard InChI is InChI=1S/C14H20N2O2S/c17-14(4-3-13-2-1-11-19-13)16-9-10-18-12-5-7-15-8-6-12/h1-4,11-12,15H,5-10H2,(H,16,17)/b4-3+. The van der Waals surface area contributed by atoms with Crippen molar-refractivity contribution in [2.75, 3.05) is 26.2 Å². The topological polar surface area (TPSA) is 50.4 Å². The molecule has 4 nitrogen and oxygen atoms in total. The van der Waals surface area contributed by atoms with E-state index in [4.69, 9.17) is 4.74 Å². The second-order valence-corrected chi connectivity index (χ2v) is 5.44. The number of hydrogen-bond donors (Lipinski definition) is 2. The van der Waals surface area contributed by atoms with Crippen LogP contribution in [0.2, 0.25) is 0 Å². The minimum atomic E-state index is -0.0673. The number of piperidine rings is 1. The lowest BCUT2D eigenvalue weighted by Gasteiger charge is -2.22. The molecule has 2 rings (SSSR count). The van der Waals surface area contributed by atoms with E-state index in [0.717, 1.165) is 30.8 Å². The maximum absolute atomic E-state index is 11.5. The average Bonchev–Trinajstić information content (AvgIpc) is 2.96. The molecule has 0 spiro atoms. The Morgan fingerprint density at radius 2 is 2.37 bits per heavy atom. The Labute approximate surface area is 117 Å². The van der Waals surface area contributed by atoms with Crippen molar-refractivity contribution >= 4 is 23.3 Å². The molecule has 1 aromatic heterocycles. The van der Waals surface area contributed by atoms with Gasteiger partial charge >= 0.3 is 0 Å². The fourth-order valence-electron chi connectivity index (χ4n) is 1.96. The first-order valence-electron chi connectivity index (χ1n) is 6.66. The molecule has 1 saturated heterocycles. The molecule has 0 bridgehead atoms. The minimum Gasteiger partial charge on any atom is -0.376 e. The molecule has 2 heterocycles. The molecule has 1 fully saturated rings. The molecule has 0 aromatic carbocycles. The van der Waals surface area contributed by atoms with Gasteiger partial charge in [0.15, 0.2) is 0 Å². The highest BCUT2D eigenvalue weighted by Gasteiger charge is 2.12. The van der Waals surface area contributed by atoms with Gasteiger partial charge in [0.2, 0.25) is 5.91 Å². The molecular formula is C14H20N2O2S. The van der Waals surface area contributed by atoms with Crippen molar-refractivity contribution in [2.24, 2.45) is 0 Å². The van der Waals surface area contributed by atoms with Crippen LogP contribution in [0.1, 0.15) is 17.7 Å². The second-order valence-electron chi connectivity index (χ2n) is 4.46. The Balaban J connectivity index is 1.56. The molecule has 0 atom stereocenters. The maximum Gasteiger partial charge on any atom is 0.244 e. The van der Waals surface area contributed by atoms with Crippen LogP contribution in [-0.4, -0.2) is 38.3 Å². The summed E-state index contributed by atoms with van der Waals surface area (Å²) in [5, 5.41) is 8.11. The van der Waals surface area contributed by atoms with E-state index in [1.165, 1.54) is 0 Å². The summed E-state index contributed by atoms with van der Waals surface area (Å²) < 4.78 is 5.71. The predicted molar refractivity (Wildman–Crippen MR) is 78.2 cm³/mol. The van der Waals surface area contributed by atoms with Gasteiger partial charge in [0.1, 0.15) is 0 Å². The maximum atomic E-state index is 11.5. The van der Waals surface area contributed by atoms with Crippen LogP contribution in [0.25, 0.3) is 6.08 Å². The highest BCUT2D eigenvalue weighted by molar-refractivity contribution is 7.10. The Morgan fingerprint density at radius 1 is 1.53 bits per heavy atom. The summed E-state index contributed by atoms with van der Waals surface area (Å²) in [4.78, 5) is 12.6. The Bertz CT molecular complexity index is 398. The van der Waals surface area contributed by atoms with Crippen LogP contribution >= 0.6 is 11.3 Å². The normalized spacial score (nSPS) is 16.8. The predicted octanol–water partition coefficient (Wildman–Crippen LogP) is 1.65. The van der Waals surface area contributed by atoms with Crippen LogP contribution in [0.15, 0.2) is 23.6 Å². The number of ether oxygens (including phenoxy) is 1. The van der Waals surface area contributed by atoms with Crippen LogP contribution in [0.5, 0.6) is 0 Å². The number of hydrogen-bond acceptors (Lipinski definition) is 4. The molecule has 1 amide bonds. The molecule has 1 aromatic rings. The van der Waals surface area contributed by atoms with Crippen molar-refractivity contribution in [3.63, 3.8) is 0 Å². The SMILES string of the molecule is O=C(/C=C/c1cccs1)NCCOC1CCNCC1. The highest BCUT2D eigenvalue weighted by Crippen LogP contribution is 2.09. The summed E-state index contributed by atoms with van der Waals surface area (Å²) in [7, 11) is 0. The van der Waals surface area contributed by atoms with E-state index >= 15 is 0 Å². The number of nitrogens with one attached hydrogen (secondary N) is 2. The van der Waals surface area contributed by atoms with Gasteiger partial charge in [-0.05, 0) is 43.5 Å². The van der Waals surface area contributed by atoms with Gasteiger partial charge < -0.3 is 15.4 Å². The van der Waals surface area contributed by atoms with Gasteiger partial charge in [-0.25, -0.2) is 0 Å². The third-order valence-electron chi connectivity index (χ3n) is 2.98. The van der Waals surface area contributed by atoms with E-state index in [0.29, 0.717) is 19.3 Å². The Morgan fingerprint density at radius 3 is 3.11 bits per heavy atom. The Hall–Kier alpha value is -1.17. The van der Waals surface area contributed by atoms with E-state index < -0.39 is 0 Å². The first kappa shape index (κ1) is 14.2. The van der Waals surface area contributed by atoms with Crippen LogP contribution in [0.3, 0.4) is 0 Å². The van der Waals surface area contributed by atoms with Crippen molar-refractivity contribution in [1.29, 1.82) is 0 Å². The smallest absolute Gasteiger partial charge is 0.244 e. The van der Waals surface area contributed by atoms with Gasteiger partial charge in [0, 0.05) is 17.5 Å². The van der Waals surface area contributed by atoms with E-state index in [1.807, 2.05) is 23.6 Å². The summed E-state index contributed by atoms with van der Waals surface area (Å²) in [6.45, 7) is 3.21. The van der Waals surface area contributed by atoms with Gasteiger partial charge in [-0.15, -0.1) is 11.3 Å². The molecule has 1 aliphatic heterocycles. The Kier molecular flexibility index (Phi) is 6.07. The summed E-state index contributed by atoms with van der Waals surface area (Å²) in [5.74, 6) is -0.0673. The molecular weight excluding hydrogens is 260 g/mol. The van der Waals surface area contributed by atoms with Gasteiger partial charge in [0.25, 0.3) is 0 Å². The lowest BCUT2D eigenvalue weighted by molar-refractivity contribution is -0.116. The minimum absolute atomic E-state index is 0.0673. The number of amides is 1. The molecule has 0 radical (unpaired) electrons. The van der Waals surface area contributed by atoms with Crippen molar-refractivity contribution in [2.45, 2.75) is 18.9 Å². The first-order valence-corrected chi connectivity index (χ1v) is 7.54. The first-order chi connectivity index (χ1) is 9.34. The molecule has 0 unspecified atom stereocenters. The van der Waals surface area contributed by atoms with E-state index in [-0.39, 0.29) is 5.91 Å². The van der Waals surface area contributed by atoms with E-state index in [1.54, 1.807) is 17.4 Å². The van der Waals surface area contributed by atoms with Crippen molar-refractivity contribution in [1.82, 2.24) is 10.6 Å². The number of rotatable bonds is 6. The summed E-state index contributed by atoms with van der Waals surface area (Å²) >= 11 is 1.61. The summed E-state index contributed by atoms with van der Waals surface area (Å²) in [6, 6.07) is 3.95. The fraction of sp³-hybridized carbons (Fsp3) is 0.500. The highest BCUT2D eigenvalue weighted by atomic mass is 32.1. The summed E-state index contributed by atoms with van der Waals surface area (Å²) in [5.41, 5.74) is 0. The monoisotopic (exact) mass is 280 g/mol. The zero-order chi connectivity index (χ0) is 13.3. The van der Waals surface area contributed by atoms with E-state index in [2.05, 4.69) is 10.6 Å². The van der Waals surface area contributed by atoms with Gasteiger partial charge in [-0.3, -0.25) is 4.79 Å². The zero-order valence-electron chi connectivity index (χ0n) is 10.9. The van der Waals surface area contributed by atoms with E-state index in [9.17, 15) is 4.79 Å². The molecule has 104 valence electrons. The van der Waals surface area contributed by atoms with Gasteiger partial charge in [0.05, 0.1) is 12.7 Å². The molecule has 2 N–H and O–H groups in total. The van der Waals surface area contributed by atoms with Crippen LogP contribution in [0, 0.1) is 0 Å².